The zero-order chi connectivity index (χ0) is 15.6. The Balaban J connectivity index is 2.41. The summed E-state index contributed by atoms with van der Waals surface area (Å²) in [7, 11) is 1.85. The molecule has 0 saturated heterocycles. The summed E-state index contributed by atoms with van der Waals surface area (Å²) < 4.78 is 17.5. The number of hydrogen-bond acceptors (Lipinski definition) is 3. The molecule has 1 atom stereocenters. The van der Waals surface area contributed by atoms with Crippen molar-refractivity contribution in [1.82, 2.24) is 9.78 Å². The monoisotopic (exact) mass is 323 g/mol. The first-order valence-corrected chi connectivity index (χ1v) is 8.01. The number of hydrogen-bond donors (Lipinski definition) is 0. The van der Waals surface area contributed by atoms with Gasteiger partial charge in [-0.3, -0.25) is 4.68 Å². The summed E-state index contributed by atoms with van der Waals surface area (Å²) in [4.78, 5) is 0. The Morgan fingerprint density at radius 3 is 2.67 bits per heavy atom. The van der Waals surface area contributed by atoms with Crippen molar-refractivity contribution in [2.24, 2.45) is 11.4 Å². The number of halogens is 1. The van der Waals surface area contributed by atoms with E-state index in [9.17, 15) is 4.55 Å². The Morgan fingerprint density at radius 2 is 2.10 bits per heavy atom. The largest absolute Gasteiger partial charge is 0.591 e. The first kappa shape index (κ1) is 16.1. The third-order valence-corrected chi connectivity index (χ3v) is 4.51. The fourth-order valence-electron chi connectivity index (χ4n) is 1.77. The average Bonchev–Trinajstić information content (AvgIpc) is 2.81. The van der Waals surface area contributed by atoms with Gasteiger partial charge in [-0.1, -0.05) is 28.1 Å². The summed E-state index contributed by atoms with van der Waals surface area (Å²) in [6.45, 7) is 5.67. The smallest absolute Gasteiger partial charge is 0.144 e. The van der Waals surface area contributed by atoms with Gasteiger partial charge < -0.3 is 4.55 Å². The molecular formula is C15H18ClN3OS. The minimum Gasteiger partial charge on any atom is -0.591 e. The fraction of sp³-hybridized carbons (Fsp3) is 0.333. The summed E-state index contributed by atoms with van der Waals surface area (Å²) in [5.41, 5.74) is 2.58. The van der Waals surface area contributed by atoms with Gasteiger partial charge in [-0.25, -0.2) is 0 Å². The molecule has 2 rings (SSSR count). The maximum atomic E-state index is 12.0. The molecule has 112 valence electrons. The fourth-order valence-corrected chi connectivity index (χ4v) is 2.58. The number of benzene rings is 1. The van der Waals surface area contributed by atoms with Crippen molar-refractivity contribution in [3.8, 4) is 11.1 Å². The van der Waals surface area contributed by atoms with E-state index in [2.05, 4.69) is 9.50 Å². The van der Waals surface area contributed by atoms with Gasteiger partial charge in [-0.05, 0) is 26.8 Å². The number of nitrogens with zero attached hydrogens (tertiary/aromatic N) is 3. The lowest BCUT2D eigenvalue weighted by Gasteiger charge is -2.17. The van der Waals surface area contributed by atoms with Gasteiger partial charge >= 0.3 is 0 Å². The van der Waals surface area contributed by atoms with Crippen LogP contribution in [0.2, 0.25) is 5.02 Å². The van der Waals surface area contributed by atoms with Gasteiger partial charge in [0.2, 0.25) is 0 Å². The SMILES string of the molecule is Cn1cc(-c2c(Cl)cccc2C=N[S+]([O-])C(C)(C)C)cn1. The summed E-state index contributed by atoms with van der Waals surface area (Å²) >= 11 is 5.01. The molecule has 0 bridgehead atoms. The van der Waals surface area contributed by atoms with Crippen LogP contribution in [0.25, 0.3) is 11.1 Å². The second-order valence-corrected chi connectivity index (χ2v) is 8.04. The third-order valence-electron chi connectivity index (χ3n) is 2.85. The molecule has 1 heterocycles. The van der Waals surface area contributed by atoms with Gasteiger partial charge in [0.15, 0.2) is 0 Å². The first-order chi connectivity index (χ1) is 9.79. The second kappa shape index (κ2) is 6.22. The van der Waals surface area contributed by atoms with E-state index in [1.54, 1.807) is 17.1 Å². The van der Waals surface area contributed by atoms with Crippen molar-refractivity contribution in [1.29, 1.82) is 0 Å². The van der Waals surface area contributed by atoms with Gasteiger partial charge in [0.1, 0.15) is 16.1 Å². The van der Waals surface area contributed by atoms with Crippen LogP contribution in [0.5, 0.6) is 0 Å². The van der Waals surface area contributed by atoms with Gasteiger partial charge in [-0.2, -0.15) is 5.10 Å². The highest BCUT2D eigenvalue weighted by molar-refractivity contribution is 7.91. The normalized spacial score (nSPS) is 13.8. The molecule has 0 spiro atoms. The Morgan fingerprint density at radius 1 is 1.38 bits per heavy atom. The van der Waals surface area contributed by atoms with E-state index in [1.165, 1.54) is 0 Å². The number of rotatable bonds is 3. The van der Waals surface area contributed by atoms with Crippen LogP contribution < -0.4 is 0 Å². The van der Waals surface area contributed by atoms with E-state index >= 15 is 0 Å². The van der Waals surface area contributed by atoms with E-state index in [0.717, 1.165) is 16.7 Å². The molecule has 0 aliphatic rings. The van der Waals surface area contributed by atoms with Crippen LogP contribution in [0, 0.1) is 0 Å². The average molecular weight is 324 g/mol. The van der Waals surface area contributed by atoms with Crippen LogP contribution in [0.15, 0.2) is 35.0 Å². The Hall–Kier alpha value is -1.30. The quantitative estimate of drug-likeness (QED) is 0.640. The Labute approximate surface area is 133 Å². The maximum absolute atomic E-state index is 12.0. The van der Waals surface area contributed by atoms with E-state index < -0.39 is 11.4 Å². The van der Waals surface area contributed by atoms with Gasteiger partial charge in [-0.15, -0.1) is 0 Å². The topological polar surface area (TPSA) is 53.2 Å². The minimum absolute atomic E-state index is 0.385. The molecule has 0 saturated carbocycles. The summed E-state index contributed by atoms with van der Waals surface area (Å²) in [6, 6.07) is 5.57. The van der Waals surface area contributed by atoms with Crippen LogP contribution in [0.1, 0.15) is 26.3 Å². The zero-order valence-electron chi connectivity index (χ0n) is 12.5. The molecule has 0 N–H and O–H groups in total. The highest BCUT2D eigenvalue weighted by atomic mass is 35.5. The van der Waals surface area contributed by atoms with Crippen molar-refractivity contribution in [2.75, 3.05) is 0 Å². The van der Waals surface area contributed by atoms with E-state index in [-0.39, 0.29) is 4.75 Å². The number of aryl methyl sites for hydroxylation is 1. The van der Waals surface area contributed by atoms with Crippen LogP contribution >= 0.6 is 11.6 Å². The predicted molar refractivity (Wildman–Crippen MR) is 89.1 cm³/mol. The van der Waals surface area contributed by atoms with Crippen molar-refractivity contribution < 1.29 is 4.55 Å². The van der Waals surface area contributed by atoms with Crippen molar-refractivity contribution in [2.45, 2.75) is 25.5 Å². The van der Waals surface area contributed by atoms with E-state index in [1.807, 2.05) is 52.2 Å². The Kier molecular flexibility index (Phi) is 4.76. The van der Waals surface area contributed by atoms with Crippen molar-refractivity contribution >= 4 is 29.2 Å². The van der Waals surface area contributed by atoms with E-state index in [4.69, 9.17) is 11.6 Å². The lowest BCUT2D eigenvalue weighted by atomic mass is 10.0. The third kappa shape index (κ3) is 3.87. The van der Waals surface area contributed by atoms with Crippen molar-refractivity contribution in [3.05, 3.63) is 41.2 Å². The van der Waals surface area contributed by atoms with Crippen LogP contribution in [-0.2, 0) is 18.4 Å². The molecule has 1 aromatic heterocycles. The molecule has 21 heavy (non-hydrogen) atoms. The molecule has 6 heteroatoms. The molecule has 0 aliphatic carbocycles. The molecule has 4 nitrogen and oxygen atoms in total. The van der Waals surface area contributed by atoms with Gasteiger partial charge in [0.05, 0.1) is 12.4 Å². The molecular weight excluding hydrogens is 306 g/mol. The van der Waals surface area contributed by atoms with Crippen LogP contribution in [0.3, 0.4) is 0 Å². The standard InChI is InChI=1S/C15H18ClN3OS/c1-15(2,3)21(20)18-9-11-6-5-7-13(16)14(11)12-8-17-19(4)10-12/h5-10H,1-4H3. The van der Waals surface area contributed by atoms with Crippen molar-refractivity contribution in [3.63, 3.8) is 0 Å². The molecule has 0 fully saturated rings. The summed E-state index contributed by atoms with van der Waals surface area (Å²) in [6.07, 6.45) is 5.26. The summed E-state index contributed by atoms with van der Waals surface area (Å²) in [5.74, 6) is 0. The molecule has 0 aliphatic heterocycles. The lowest BCUT2D eigenvalue weighted by molar-refractivity contribution is 0.562. The highest BCUT2D eigenvalue weighted by Gasteiger charge is 2.26. The zero-order valence-corrected chi connectivity index (χ0v) is 14.1. The lowest BCUT2D eigenvalue weighted by Crippen LogP contribution is -2.25. The predicted octanol–water partition coefficient (Wildman–Crippen LogP) is 3.62. The minimum atomic E-state index is -1.30. The van der Waals surface area contributed by atoms with Crippen LogP contribution in [-0.4, -0.2) is 25.3 Å². The first-order valence-electron chi connectivity index (χ1n) is 6.52. The second-order valence-electron chi connectivity index (χ2n) is 5.70. The maximum Gasteiger partial charge on any atom is 0.144 e. The molecule has 2 aromatic rings. The summed E-state index contributed by atoms with van der Waals surface area (Å²) in [5, 5.41) is 4.78. The van der Waals surface area contributed by atoms with Gasteiger partial charge in [0, 0.05) is 35.0 Å². The highest BCUT2D eigenvalue weighted by Crippen LogP contribution is 2.30. The molecule has 1 aromatic carbocycles. The molecule has 0 amide bonds. The van der Waals surface area contributed by atoms with Gasteiger partial charge in [0.25, 0.3) is 0 Å². The Bertz CT molecular complexity index is 661. The molecule has 1 unspecified atom stereocenters. The van der Waals surface area contributed by atoms with Crippen LogP contribution in [0.4, 0.5) is 0 Å². The number of aromatic nitrogens is 2. The van der Waals surface area contributed by atoms with E-state index in [0.29, 0.717) is 5.02 Å². The molecule has 0 radical (unpaired) electrons.